The van der Waals surface area contributed by atoms with Crippen molar-refractivity contribution >= 4 is 5.71 Å². The van der Waals surface area contributed by atoms with E-state index in [1.165, 1.54) is 11.1 Å². The topological polar surface area (TPSA) is 32.6 Å². The molecule has 1 aromatic rings. The van der Waals surface area contributed by atoms with Crippen LogP contribution in [-0.4, -0.2) is 24.0 Å². The molecule has 0 radical (unpaired) electrons. The average molecular weight is 175 g/mol. The maximum atomic E-state index is 8.86. The first-order valence-electron chi connectivity index (χ1n) is 4.64. The summed E-state index contributed by atoms with van der Waals surface area (Å²) in [5.41, 5.74) is 3.65. The Morgan fingerprint density at radius 2 is 2.15 bits per heavy atom. The highest BCUT2D eigenvalue weighted by atomic mass is 16.3. The summed E-state index contributed by atoms with van der Waals surface area (Å²) in [6.45, 7) is 1.06. The third-order valence-corrected chi connectivity index (χ3v) is 2.36. The Hall–Kier alpha value is -1.15. The second-order valence-electron chi connectivity index (χ2n) is 3.21. The van der Waals surface area contributed by atoms with E-state index >= 15 is 0 Å². The van der Waals surface area contributed by atoms with Crippen LogP contribution in [0.5, 0.6) is 0 Å². The largest absolute Gasteiger partial charge is 0.396 e. The number of benzene rings is 1. The molecule has 1 heterocycles. The summed E-state index contributed by atoms with van der Waals surface area (Å²) in [5, 5.41) is 8.86. The van der Waals surface area contributed by atoms with Gasteiger partial charge < -0.3 is 5.11 Å². The van der Waals surface area contributed by atoms with Crippen LogP contribution < -0.4 is 0 Å². The van der Waals surface area contributed by atoms with Crippen LogP contribution in [0.25, 0.3) is 0 Å². The van der Waals surface area contributed by atoms with Crippen LogP contribution in [0.15, 0.2) is 29.3 Å². The van der Waals surface area contributed by atoms with Crippen LogP contribution >= 0.6 is 0 Å². The number of hydrogen-bond acceptors (Lipinski definition) is 2. The van der Waals surface area contributed by atoms with E-state index in [-0.39, 0.29) is 6.61 Å². The summed E-state index contributed by atoms with van der Waals surface area (Å²) in [6, 6.07) is 8.31. The molecule has 13 heavy (non-hydrogen) atoms. The van der Waals surface area contributed by atoms with Crippen molar-refractivity contribution < 1.29 is 5.11 Å². The zero-order valence-corrected chi connectivity index (χ0v) is 7.53. The number of fused-ring (bicyclic) bond motifs is 1. The fourth-order valence-electron chi connectivity index (χ4n) is 1.74. The van der Waals surface area contributed by atoms with Gasteiger partial charge in [0.05, 0.1) is 0 Å². The maximum absolute atomic E-state index is 8.86. The third kappa shape index (κ3) is 1.63. The van der Waals surface area contributed by atoms with E-state index in [1.807, 2.05) is 6.07 Å². The van der Waals surface area contributed by atoms with Gasteiger partial charge >= 0.3 is 0 Å². The van der Waals surface area contributed by atoms with E-state index in [1.54, 1.807) is 0 Å². The van der Waals surface area contributed by atoms with Gasteiger partial charge in [0.15, 0.2) is 0 Å². The lowest BCUT2D eigenvalue weighted by molar-refractivity contribution is 0.307. The van der Waals surface area contributed by atoms with Gasteiger partial charge in [-0.05, 0) is 17.5 Å². The molecule has 1 aromatic carbocycles. The van der Waals surface area contributed by atoms with E-state index in [2.05, 4.69) is 23.2 Å². The average Bonchev–Trinajstić information content (AvgIpc) is 2.19. The fourth-order valence-corrected chi connectivity index (χ4v) is 1.74. The Morgan fingerprint density at radius 3 is 3.00 bits per heavy atom. The molecule has 0 atom stereocenters. The molecule has 1 aliphatic heterocycles. The molecule has 0 saturated heterocycles. The molecule has 0 fully saturated rings. The van der Waals surface area contributed by atoms with Gasteiger partial charge in [0.25, 0.3) is 0 Å². The predicted octanol–water partition coefficient (Wildman–Crippen LogP) is 1.41. The first-order chi connectivity index (χ1) is 6.42. The van der Waals surface area contributed by atoms with Gasteiger partial charge in [-0.3, -0.25) is 4.99 Å². The predicted molar refractivity (Wildman–Crippen MR) is 53.3 cm³/mol. The van der Waals surface area contributed by atoms with Gasteiger partial charge in [-0.25, -0.2) is 0 Å². The molecule has 0 bridgehead atoms. The van der Waals surface area contributed by atoms with E-state index in [9.17, 15) is 0 Å². The molecular formula is C11H13NO. The Bertz CT molecular complexity index is 331. The lowest BCUT2D eigenvalue weighted by atomic mass is 9.96. The smallest absolute Gasteiger partial charge is 0.0486 e. The summed E-state index contributed by atoms with van der Waals surface area (Å²) in [5.74, 6) is 0. The van der Waals surface area contributed by atoms with Crippen molar-refractivity contribution in [1.82, 2.24) is 0 Å². The van der Waals surface area contributed by atoms with Gasteiger partial charge in [-0.15, -0.1) is 0 Å². The summed E-state index contributed by atoms with van der Waals surface area (Å²) >= 11 is 0. The molecule has 2 heteroatoms. The summed E-state index contributed by atoms with van der Waals surface area (Å²) in [6.07, 6.45) is 1.71. The highest BCUT2D eigenvalue weighted by Crippen LogP contribution is 2.16. The number of aliphatic imine (C=N–C) groups is 1. The zero-order chi connectivity index (χ0) is 9.10. The van der Waals surface area contributed by atoms with Crippen molar-refractivity contribution in [1.29, 1.82) is 0 Å². The van der Waals surface area contributed by atoms with Gasteiger partial charge in [0.1, 0.15) is 0 Å². The van der Waals surface area contributed by atoms with Gasteiger partial charge in [-0.1, -0.05) is 24.3 Å². The van der Waals surface area contributed by atoms with Crippen LogP contribution in [0.2, 0.25) is 0 Å². The Balaban J connectivity index is 2.36. The molecule has 0 unspecified atom stereocenters. The monoisotopic (exact) mass is 175 g/mol. The number of nitrogens with zero attached hydrogens (tertiary/aromatic N) is 1. The molecule has 2 rings (SSSR count). The van der Waals surface area contributed by atoms with E-state index in [0.717, 1.165) is 18.7 Å². The van der Waals surface area contributed by atoms with E-state index in [4.69, 9.17) is 5.11 Å². The highest BCUT2D eigenvalue weighted by Gasteiger charge is 2.11. The SMILES string of the molecule is OCCC1=NCCc2ccccc21. The molecule has 1 N–H and O–H groups in total. The molecule has 1 aliphatic rings. The molecule has 68 valence electrons. The summed E-state index contributed by atoms with van der Waals surface area (Å²) < 4.78 is 0. The lowest BCUT2D eigenvalue weighted by Gasteiger charge is -2.15. The minimum Gasteiger partial charge on any atom is -0.396 e. The first-order valence-corrected chi connectivity index (χ1v) is 4.64. The minimum absolute atomic E-state index is 0.188. The number of aliphatic hydroxyl groups excluding tert-OH is 1. The molecule has 0 spiro atoms. The molecule has 0 aliphatic carbocycles. The van der Waals surface area contributed by atoms with Gasteiger partial charge in [0, 0.05) is 25.3 Å². The normalized spacial score (nSPS) is 15.0. The Kier molecular flexibility index (Phi) is 2.41. The molecule has 0 saturated carbocycles. The number of rotatable bonds is 2. The van der Waals surface area contributed by atoms with Crippen molar-refractivity contribution in [3.8, 4) is 0 Å². The second-order valence-corrected chi connectivity index (χ2v) is 3.21. The van der Waals surface area contributed by atoms with Crippen LogP contribution in [0.3, 0.4) is 0 Å². The van der Waals surface area contributed by atoms with Gasteiger partial charge in [0.2, 0.25) is 0 Å². The maximum Gasteiger partial charge on any atom is 0.0486 e. The summed E-state index contributed by atoms with van der Waals surface area (Å²) in [4.78, 5) is 4.42. The van der Waals surface area contributed by atoms with Crippen molar-refractivity contribution in [3.63, 3.8) is 0 Å². The van der Waals surface area contributed by atoms with Crippen molar-refractivity contribution in [2.45, 2.75) is 12.8 Å². The molecule has 2 nitrogen and oxygen atoms in total. The van der Waals surface area contributed by atoms with Crippen molar-refractivity contribution in [2.75, 3.05) is 13.2 Å². The van der Waals surface area contributed by atoms with Crippen LogP contribution in [0.1, 0.15) is 17.5 Å². The fraction of sp³-hybridized carbons (Fsp3) is 0.364. The van der Waals surface area contributed by atoms with Crippen molar-refractivity contribution in [3.05, 3.63) is 35.4 Å². The van der Waals surface area contributed by atoms with Crippen LogP contribution in [-0.2, 0) is 6.42 Å². The van der Waals surface area contributed by atoms with E-state index < -0.39 is 0 Å². The van der Waals surface area contributed by atoms with E-state index in [0.29, 0.717) is 6.42 Å². The first kappa shape index (κ1) is 8.45. The lowest BCUT2D eigenvalue weighted by Crippen LogP contribution is -2.13. The van der Waals surface area contributed by atoms with Crippen LogP contribution in [0.4, 0.5) is 0 Å². The number of hydrogen-bond donors (Lipinski definition) is 1. The van der Waals surface area contributed by atoms with Crippen LogP contribution in [0, 0.1) is 0 Å². The quantitative estimate of drug-likeness (QED) is 0.724. The zero-order valence-electron chi connectivity index (χ0n) is 7.53. The summed E-state index contributed by atoms with van der Waals surface area (Å²) in [7, 11) is 0. The highest BCUT2D eigenvalue weighted by molar-refractivity contribution is 6.02. The third-order valence-electron chi connectivity index (χ3n) is 2.36. The minimum atomic E-state index is 0.188. The van der Waals surface area contributed by atoms with Gasteiger partial charge in [-0.2, -0.15) is 0 Å². The molecule has 0 aromatic heterocycles. The second kappa shape index (κ2) is 3.71. The Labute approximate surface area is 77.9 Å². The van der Waals surface area contributed by atoms with Crippen molar-refractivity contribution in [2.24, 2.45) is 4.99 Å². The molecular weight excluding hydrogens is 162 g/mol. The standard InChI is InChI=1S/C11H13NO/c13-8-6-11-10-4-2-1-3-9(10)5-7-12-11/h1-4,13H,5-8H2. The number of aliphatic hydroxyl groups is 1. The molecule has 0 amide bonds. The Morgan fingerprint density at radius 1 is 1.31 bits per heavy atom.